The lowest BCUT2D eigenvalue weighted by Crippen LogP contribution is -2.34. The van der Waals surface area contributed by atoms with Crippen LogP contribution in [-0.2, 0) is 9.59 Å². The molecule has 0 aliphatic heterocycles. The van der Waals surface area contributed by atoms with Crippen molar-refractivity contribution < 1.29 is 19.1 Å². The average Bonchev–Trinajstić information content (AvgIpc) is 2.92. The van der Waals surface area contributed by atoms with E-state index in [-0.39, 0.29) is 12.5 Å². The fourth-order valence-electron chi connectivity index (χ4n) is 3.96. The first-order valence-corrected chi connectivity index (χ1v) is 13.4. The summed E-state index contributed by atoms with van der Waals surface area (Å²) in [6.07, 6.45) is 9.73. The number of amides is 2. The van der Waals surface area contributed by atoms with Crippen LogP contribution in [0.3, 0.4) is 0 Å². The molecule has 2 N–H and O–H groups in total. The average molecular weight is 536 g/mol. The van der Waals surface area contributed by atoms with E-state index >= 15 is 0 Å². The predicted molar refractivity (Wildman–Crippen MR) is 152 cm³/mol. The maximum atomic E-state index is 12.7. The van der Waals surface area contributed by atoms with Crippen LogP contribution in [0.5, 0.6) is 5.75 Å². The second-order valence-corrected chi connectivity index (χ2v) is 9.47. The number of hydrazone groups is 1. The largest absolute Gasteiger partial charge is 0.422 e. The Morgan fingerprint density at radius 2 is 1.58 bits per heavy atom. The topological polar surface area (TPSA) is 96.9 Å². The Hall–Kier alpha value is -3.71. The zero-order chi connectivity index (χ0) is 27.2. The summed E-state index contributed by atoms with van der Waals surface area (Å²) >= 11 is 5.91. The minimum Gasteiger partial charge on any atom is -0.422 e. The van der Waals surface area contributed by atoms with Gasteiger partial charge in [0, 0.05) is 17.0 Å². The molecule has 0 saturated carbocycles. The van der Waals surface area contributed by atoms with Gasteiger partial charge < -0.3 is 10.1 Å². The van der Waals surface area contributed by atoms with Crippen LogP contribution in [-0.4, -0.2) is 30.5 Å². The van der Waals surface area contributed by atoms with E-state index in [4.69, 9.17) is 16.3 Å². The summed E-state index contributed by atoms with van der Waals surface area (Å²) in [4.78, 5) is 36.9. The summed E-state index contributed by atoms with van der Waals surface area (Å²) in [5, 5.41) is 8.92. The van der Waals surface area contributed by atoms with Gasteiger partial charge in [0.15, 0.2) is 0 Å². The third kappa shape index (κ3) is 9.30. The Kier molecular flexibility index (Phi) is 11.8. The molecular formula is C30H34ClN3O4. The van der Waals surface area contributed by atoms with Gasteiger partial charge in [0.05, 0.1) is 18.3 Å². The van der Waals surface area contributed by atoms with E-state index in [1.54, 1.807) is 30.3 Å². The van der Waals surface area contributed by atoms with Crippen LogP contribution >= 0.6 is 11.6 Å². The molecule has 0 unspecified atom stereocenters. The first-order chi connectivity index (χ1) is 18.5. The lowest BCUT2D eigenvalue weighted by atomic mass is 10.0. The van der Waals surface area contributed by atoms with E-state index in [1.165, 1.54) is 31.9 Å². The van der Waals surface area contributed by atoms with Gasteiger partial charge in [-0.25, -0.2) is 10.2 Å². The number of ether oxygens (including phenoxy) is 1. The van der Waals surface area contributed by atoms with Crippen molar-refractivity contribution in [3.63, 3.8) is 0 Å². The zero-order valence-electron chi connectivity index (χ0n) is 21.7. The van der Waals surface area contributed by atoms with Gasteiger partial charge >= 0.3 is 5.97 Å². The van der Waals surface area contributed by atoms with Gasteiger partial charge in [-0.3, -0.25) is 9.59 Å². The summed E-state index contributed by atoms with van der Waals surface area (Å²) in [6, 6.07) is 17.5. The molecule has 0 aromatic heterocycles. The Morgan fingerprint density at radius 1 is 0.868 bits per heavy atom. The van der Waals surface area contributed by atoms with Crippen LogP contribution in [0.25, 0.3) is 10.8 Å². The number of benzene rings is 3. The molecule has 0 aliphatic rings. The van der Waals surface area contributed by atoms with Crippen molar-refractivity contribution in [2.75, 3.05) is 6.54 Å². The highest BCUT2D eigenvalue weighted by Crippen LogP contribution is 2.27. The van der Waals surface area contributed by atoms with Crippen molar-refractivity contribution in [2.24, 2.45) is 5.10 Å². The van der Waals surface area contributed by atoms with E-state index in [9.17, 15) is 14.4 Å². The number of rotatable bonds is 14. The van der Waals surface area contributed by atoms with E-state index in [2.05, 4.69) is 22.8 Å². The molecule has 0 fully saturated rings. The van der Waals surface area contributed by atoms with Crippen LogP contribution in [0.2, 0.25) is 5.02 Å². The molecule has 7 nitrogen and oxygen atoms in total. The summed E-state index contributed by atoms with van der Waals surface area (Å²) < 4.78 is 5.65. The van der Waals surface area contributed by atoms with Crippen molar-refractivity contribution >= 4 is 46.4 Å². The number of carbonyl (C=O) groups excluding carboxylic acids is 3. The lowest BCUT2D eigenvalue weighted by Gasteiger charge is -2.11. The first kappa shape index (κ1) is 28.9. The molecule has 0 radical (unpaired) electrons. The molecule has 38 heavy (non-hydrogen) atoms. The van der Waals surface area contributed by atoms with Gasteiger partial charge in [-0.05, 0) is 47.5 Å². The van der Waals surface area contributed by atoms with Crippen LogP contribution in [0.1, 0.15) is 74.2 Å². The Morgan fingerprint density at radius 3 is 2.34 bits per heavy atom. The highest BCUT2D eigenvalue weighted by molar-refractivity contribution is 6.30. The number of fused-ring (bicyclic) bond motifs is 1. The number of carbonyl (C=O) groups is 3. The minimum absolute atomic E-state index is 0.150. The van der Waals surface area contributed by atoms with Gasteiger partial charge in [-0.1, -0.05) is 87.4 Å². The number of nitrogens with zero attached hydrogens (tertiary/aromatic N) is 1. The normalized spacial score (nSPS) is 11.0. The van der Waals surface area contributed by atoms with Crippen LogP contribution in [0.15, 0.2) is 65.8 Å². The summed E-state index contributed by atoms with van der Waals surface area (Å²) in [5.41, 5.74) is 3.31. The fraction of sp³-hybridized carbons (Fsp3) is 0.333. The van der Waals surface area contributed by atoms with Gasteiger partial charge in [0.2, 0.25) is 5.91 Å². The second kappa shape index (κ2) is 15.5. The van der Waals surface area contributed by atoms with Gasteiger partial charge in [0.25, 0.3) is 5.91 Å². The molecule has 0 aliphatic carbocycles. The van der Waals surface area contributed by atoms with Gasteiger partial charge in [-0.2, -0.15) is 5.10 Å². The first-order valence-electron chi connectivity index (χ1n) is 13.1. The molecule has 0 atom stereocenters. The van der Waals surface area contributed by atoms with E-state index in [0.29, 0.717) is 28.3 Å². The monoisotopic (exact) mass is 535 g/mol. The van der Waals surface area contributed by atoms with Crippen LogP contribution in [0.4, 0.5) is 0 Å². The number of hydrogen-bond donors (Lipinski definition) is 2. The third-order valence-corrected chi connectivity index (χ3v) is 6.30. The fourth-order valence-corrected chi connectivity index (χ4v) is 4.09. The third-order valence-electron chi connectivity index (χ3n) is 6.05. The van der Waals surface area contributed by atoms with Crippen LogP contribution < -0.4 is 15.5 Å². The Balaban J connectivity index is 1.55. The smallest absolute Gasteiger partial charge is 0.343 e. The van der Waals surface area contributed by atoms with Crippen molar-refractivity contribution in [3.05, 3.63) is 76.8 Å². The molecule has 2 amide bonds. The Bertz CT molecular complexity index is 1260. The lowest BCUT2D eigenvalue weighted by molar-refractivity contribution is -0.126. The summed E-state index contributed by atoms with van der Waals surface area (Å²) in [7, 11) is 0. The molecule has 0 heterocycles. The zero-order valence-corrected chi connectivity index (χ0v) is 22.4. The standard InChI is InChI=1S/C30H34ClN3O4/c1-2-3-4-5-6-7-8-13-28(35)32-21-29(36)34-33-20-26-25-12-10-9-11-22(25)16-19-27(26)38-30(37)23-14-17-24(31)18-15-23/h9-12,14-20H,2-8,13,21H2,1H3,(H,32,35)(H,34,36)/b33-20+. The summed E-state index contributed by atoms with van der Waals surface area (Å²) in [5.74, 6) is -0.846. The molecule has 200 valence electrons. The van der Waals surface area contributed by atoms with Gasteiger partial charge in [-0.15, -0.1) is 0 Å². The van der Waals surface area contributed by atoms with Crippen molar-refractivity contribution in [1.29, 1.82) is 0 Å². The number of nitrogens with one attached hydrogen (secondary N) is 2. The highest BCUT2D eigenvalue weighted by Gasteiger charge is 2.14. The molecular weight excluding hydrogens is 502 g/mol. The maximum Gasteiger partial charge on any atom is 0.343 e. The second-order valence-electron chi connectivity index (χ2n) is 9.04. The molecule has 3 rings (SSSR count). The van der Waals surface area contributed by atoms with E-state index in [1.807, 2.05) is 30.3 Å². The van der Waals surface area contributed by atoms with Crippen molar-refractivity contribution in [1.82, 2.24) is 10.7 Å². The predicted octanol–water partition coefficient (Wildman–Crippen LogP) is 6.42. The molecule has 8 heteroatoms. The Labute approximate surface area is 228 Å². The van der Waals surface area contributed by atoms with Crippen molar-refractivity contribution in [2.45, 2.75) is 58.3 Å². The summed E-state index contributed by atoms with van der Waals surface area (Å²) in [6.45, 7) is 2.02. The number of halogens is 1. The molecule has 3 aromatic carbocycles. The minimum atomic E-state index is -0.542. The maximum absolute atomic E-state index is 12.7. The van der Waals surface area contributed by atoms with E-state index < -0.39 is 11.9 Å². The van der Waals surface area contributed by atoms with Crippen LogP contribution in [0, 0.1) is 0 Å². The van der Waals surface area contributed by atoms with Crippen molar-refractivity contribution in [3.8, 4) is 5.75 Å². The molecule has 0 spiro atoms. The SMILES string of the molecule is CCCCCCCCCC(=O)NCC(=O)N/N=C/c1c(OC(=O)c2ccc(Cl)cc2)ccc2ccccc12. The highest BCUT2D eigenvalue weighted by atomic mass is 35.5. The number of esters is 1. The number of hydrogen-bond acceptors (Lipinski definition) is 5. The van der Waals surface area contributed by atoms with E-state index in [0.717, 1.165) is 30.0 Å². The van der Waals surface area contributed by atoms with Gasteiger partial charge in [0.1, 0.15) is 5.75 Å². The molecule has 3 aromatic rings. The quantitative estimate of drug-likeness (QED) is 0.0818. The molecule has 0 saturated heterocycles. The molecule has 0 bridgehead atoms. The number of unbranched alkanes of at least 4 members (excludes halogenated alkanes) is 6.